The van der Waals surface area contributed by atoms with Crippen LogP contribution in [-0.4, -0.2) is 69.4 Å². The molecule has 10 heteroatoms. The van der Waals surface area contributed by atoms with Gasteiger partial charge in [0.1, 0.15) is 19.3 Å². The Kier molecular flexibility index (Phi) is 49.7. The molecule has 1 amide bonds. The van der Waals surface area contributed by atoms with Crippen molar-refractivity contribution in [1.29, 1.82) is 0 Å². The fourth-order valence-electron chi connectivity index (χ4n) is 7.61. The van der Waals surface area contributed by atoms with Crippen molar-refractivity contribution in [2.45, 2.75) is 238 Å². The Balaban J connectivity index is 5.46. The fraction of sp³-hybridized carbons (Fsp3) is 0.683. The molecule has 0 heterocycles. The summed E-state index contributed by atoms with van der Waals surface area (Å²) in [6, 6.07) is -0.933. The molecule has 0 aromatic carbocycles. The predicted molar refractivity (Wildman–Crippen MR) is 311 cm³/mol. The van der Waals surface area contributed by atoms with E-state index in [9.17, 15) is 19.0 Å². The second-order valence-electron chi connectivity index (χ2n) is 20.4. The van der Waals surface area contributed by atoms with Gasteiger partial charge in [-0.3, -0.25) is 14.2 Å². The lowest BCUT2D eigenvalue weighted by Crippen LogP contribution is -2.47. The van der Waals surface area contributed by atoms with Gasteiger partial charge in [-0.05, 0) is 115 Å². The summed E-state index contributed by atoms with van der Waals surface area (Å²) < 4.78 is 30.1. The fourth-order valence-corrected chi connectivity index (χ4v) is 8.34. The van der Waals surface area contributed by atoms with Gasteiger partial charge in [0.25, 0.3) is 7.82 Å². The van der Waals surface area contributed by atoms with Crippen molar-refractivity contribution >= 4 is 19.7 Å². The minimum Gasteiger partial charge on any atom is -0.756 e. The van der Waals surface area contributed by atoms with Crippen LogP contribution in [0.2, 0.25) is 0 Å². The van der Waals surface area contributed by atoms with Crippen LogP contribution in [0.3, 0.4) is 0 Å². The Labute approximate surface area is 449 Å². The van der Waals surface area contributed by atoms with E-state index in [1.54, 1.807) is 6.08 Å². The van der Waals surface area contributed by atoms with Crippen molar-refractivity contribution in [1.82, 2.24) is 5.32 Å². The number of likely N-dealkylation sites (N-methyl/N-ethyl adjacent to an activating group) is 1. The van der Waals surface area contributed by atoms with Crippen molar-refractivity contribution < 1.29 is 37.3 Å². The van der Waals surface area contributed by atoms with Gasteiger partial charge >= 0.3 is 5.97 Å². The zero-order valence-corrected chi connectivity index (χ0v) is 48.4. The van der Waals surface area contributed by atoms with Gasteiger partial charge in [0, 0.05) is 12.8 Å². The van der Waals surface area contributed by atoms with E-state index >= 15 is 0 Å². The van der Waals surface area contributed by atoms with Crippen molar-refractivity contribution in [3.8, 4) is 0 Å². The highest BCUT2D eigenvalue weighted by Crippen LogP contribution is 2.38. The van der Waals surface area contributed by atoms with Crippen molar-refractivity contribution in [3.63, 3.8) is 0 Å². The molecule has 418 valence electrons. The molecule has 3 atom stereocenters. The Morgan fingerprint density at radius 1 is 0.479 bits per heavy atom. The highest BCUT2D eigenvalue weighted by atomic mass is 31.2. The number of esters is 1. The average molecular weight is 1040 g/mol. The third-order valence-corrected chi connectivity index (χ3v) is 13.1. The SMILES string of the molecule is CCCCC/C=C\C/C=C\C/C=C\C/C=C\CCCCCC(=O)NC(COP(=O)([O-])OCC[N+](C)(C)C)C(/C=C/CCCCCCCCCCC)OC(=O)CCC/C=C\C/C=C\C/C=C\C/C=C\CCCCC. The summed E-state index contributed by atoms with van der Waals surface area (Å²) >= 11 is 0. The molecule has 0 aliphatic heterocycles. The molecule has 0 saturated carbocycles. The van der Waals surface area contributed by atoms with Crippen molar-refractivity contribution in [2.24, 2.45) is 0 Å². The minimum absolute atomic E-state index is 0.0428. The number of phosphoric acid groups is 1. The molecule has 3 unspecified atom stereocenters. The number of ether oxygens (including phenoxy) is 1. The molecule has 0 bridgehead atoms. The Bertz CT molecular complexity index is 1620. The second-order valence-corrected chi connectivity index (χ2v) is 21.8. The first-order chi connectivity index (χ1) is 35.4. The molecular formula is C63H109N2O7P. The number of phosphoric ester groups is 1. The molecule has 0 radical (unpaired) electrons. The summed E-state index contributed by atoms with van der Waals surface area (Å²) in [6.07, 6.45) is 70.6. The number of quaternary nitrogens is 1. The van der Waals surface area contributed by atoms with Crippen molar-refractivity contribution in [2.75, 3.05) is 40.9 Å². The number of nitrogens with one attached hydrogen (secondary N) is 1. The van der Waals surface area contributed by atoms with Gasteiger partial charge < -0.3 is 28.5 Å². The van der Waals surface area contributed by atoms with Crippen LogP contribution < -0.4 is 10.2 Å². The molecule has 0 aromatic rings. The van der Waals surface area contributed by atoms with E-state index < -0.39 is 32.5 Å². The largest absolute Gasteiger partial charge is 0.756 e. The smallest absolute Gasteiger partial charge is 0.306 e. The van der Waals surface area contributed by atoms with E-state index in [2.05, 4.69) is 123 Å². The second kappa shape index (κ2) is 52.1. The van der Waals surface area contributed by atoms with Gasteiger partial charge in [-0.2, -0.15) is 0 Å². The molecule has 0 fully saturated rings. The number of carbonyl (C=O) groups excluding carboxylic acids is 2. The summed E-state index contributed by atoms with van der Waals surface area (Å²) in [5, 5.41) is 2.98. The van der Waals surface area contributed by atoms with Gasteiger partial charge in [0.05, 0.1) is 33.8 Å². The molecule has 73 heavy (non-hydrogen) atoms. The molecule has 9 nitrogen and oxygen atoms in total. The number of unbranched alkanes of at least 4 members (excludes halogenated alkanes) is 19. The van der Waals surface area contributed by atoms with Gasteiger partial charge in [-0.15, -0.1) is 0 Å². The molecule has 1 N–H and O–H groups in total. The number of hydrogen-bond acceptors (Lipinski definition) is 7. The molecule has 0 aromatic heterocycles. The van der Waals surface area contributed by atoms with E-state index in [0.717, 1.165) is 83.5 Å². The van der Waals surface area contributed by atoms with Crippen LogP contribution in [0.15, 0.2) is 109 Å². The van der Waals surface area contributed by atoms with Crippen LogP contribution in [0.4, 0.5) is 0 Å². The summed E-state index contributed by atoms with van der Waals surface area (Å²) in [4.78, 5) is 39.8. The molecule has 0 spiro atoms. The Morgan fingerprint density at radius 3 is 1.30 bits per heavy atom. The number of amides is 1. The number of nitrogens with zero attached hydrogens (tertiary/aromatic N) is 1. The summed E-state index contributed by atoms with van der Waals surface area (Å²) in [5.74, 6) is -0.652. The third kappa shape index (κ3) is 53.3. The molecule has 0 aliphatic rings. The first-order valence-electron chi connectivity index (χ1n) is 29.2. The lowest BCUT2D eigenvalue weighted by molar-refractivity contribution is -0.870. The van der Waals surface area contributed by atoms with E-state index in [4.69, 9.17) is 13.8 Å². The van der Waals surface area contributed by atoms with E-state index in [1.807, 2.05) is 27.2 Å². The van der Waals surface area contributed by atoms with Crippen LogP contribution in [-0.2, 0) is 27.9 Å². The maximum Gasteiger partial charge on any atom is 0.306 e. The topological polar surface area (TPSA) is 114 Å². The first-order valence-corrected chi connectivity index (χ1v) is 30.7. The quantitative estimate of drug-likeness (QED) is 0.0212. The molecule has 0 saturated heterocycles. The first kappa shape index (κ1) is 69.7. The van der Waals surface area contributed by atoms with E-state index in [-0.39, 0.29) is 25.4 Å². The molecule has 0 rings (SSSR count). The highest BCUT2D eigenvalue weighted by molar-refractivity contribution is 7.45. The Morgan fingerprint density at radius 2 is 0.849 bits per heavy atom. The third-order valence-electron chi connectivity index (χ3n) is 12.2. The monoisotopic (exact) mass is 1040 g/mol. The lowest BCUT2D eigenvalue weighted by atomic mass is 10.1. The summed E-state index contributed by atoms with van der Waals surface area (Å²) in [6.45, 7) is 6.69. The zero-order valence-electron chi connectivity index (χ0n) is 47.5. The number of hydrogen-bond donors (Lipinski definition) is 1. The van der Waals surface area contributed by atoms with E-state index in [0.29, 0.717) is 23.9 Å². The lowest BCUT2D eigenvalue weighted by Gasteiger charge is -2.30. The maximum atomic E-state index is 13.5. The molecule has 0 aliphatic carbocycles. The van der Waals surface area contributed by atoms with Gasteiger partial charge in [0.15, 0.2) is 0 Å². The van der Waals surface area contributed by atoms with Crippen LogP contribution >= 0.6 is 7.82 Å². The summed E-state index contributed by atoms with van der Waals surface area (Å²) in [5.41, 5.74) is 0. The standard InChI is InChI=1S/C63H109N2O7P/c1-7-10-13-16-19-22-25-27-29-31-32-34-35-37-40-43-46-49-52-55-62(66)64-60(59-71-73(68,69)70-58-57-65(4,5)6)61(54-51-48-45-42-39-24-21-18-15-12-9-3)72-63(67)56-53-50-47-44-41-38-36-33-30-28-26-23-20-17-14-11-8-2/h19-20,22-23,27-30,32,34,36-38,40,44,47,51,54,60-61H,7-18,21,24-26,31,33,35,39,41-43,45-46,48-50,52-53,55-59H2,1-6H3,(H-,64,66,68,69)/b22-19-,23-20-,29-27-,30-28-,34-32-,38-36-,40-37-,47-44-,54-51+. The van der Waals surface area contributed by atoms with Crippen molar-refractivity contribution in [3.05, 3.63) is 109 Å². The van der Waals surface area contributed by atoms with Crippen LogP contribution in [0.5, 0.6) is 0 Å². The average Bonchev–Trinajstić information content (AvgIpc) is 3.35. The number of allylic oxidation sites excluding steroid dienone is 17. The Hall–Kier alpha value is -3.33. The highest BCUT2D eigenvalue weighted by Gasteiger charge is 2.27. The number of rotatable bonds is 51. The molecular weight excluding hydrogens is 928 g/mol. The van der Waals surface area contributed by atoms with Gasteiger partial charge in [0.2, 0.25) is 5.91 Å². The number of carbonyl (C=O) groups is 2. The normalized spacial score (nSPS) is 14.6. The van der Waals surface area contributed by atoms with Crippen LogP contribution in [0, 0.1) is 0 Å². The maximum absolute atomic E-state index is 13.5. The van der Waals surface area contributed by atoms with Gasteiger partial charge in [-0.25, -0.2) is 0 Å². The summed E-state index contributed by atoms with van der Waals surface area (Å²) in [7, 11) is 1.12. The van der Waals surface area contributed by atoms with E-state index in [1.165, 1.54) is 96.3 Å². The minimum atomic E-state index is -4.72. The predicted octanol–water partition coefficient (Wildman–Crippen LogP) is 17.1. The van der Waals surface area contributed by atoms with Crippen LogP contribution in [0.25, 0.3) is 0 Å². The van der Waals surface area contributed by atoms with Gasteiger partial charge in [-0.1, -0.05) is 208 Å². The van der Waals surface area contributed by atoms with Crippen LogP contribution in [0.1, 0.15) is 226 Å². The zero-order chi connectivity index (χ0) is 53.6.